The van der Waals surface area contributed by atoms with Crippen LogP contribution >= 0.6 is 12.6 Å². The van der Waals surface area contributed by atoms with E-state index in [0.717, 1.165) is 16.4 Å². The Balaban J connectivity index is 0.00000104. The second kappa shape index (κ2) is 24.4. The average molecular weight is 1060 g/mol. The van der Waals surface area contributed by atoms with Gasteiger partial charge in [0.1, 0.15) is 35.2 Å². The highest BCUT2D eigenvalue weighted by atomic mass is 32.1. The lowest BCUT2D eigenvalue weighted by atomic mass is 9.79. The zero-order valence-corrected chi connectivity index (χ0v) is 46.1. The van der Waals surface area contributed by atoms with Gasteiger partial charge in [-0.25, -0.2) is 5.84 Å². The number of anilines is 1. The maximum absolute atomic E-state index is 14.9. The van der Waals surface area contributed by atoms with Gasteiger partial charge in [-0.15, -0.1) is 12.6 Å². The van der Waals surface area contributed by atoms with E-state index in [1.54, 1.807) is 45.9 Å². The van der Waals surface area contributed by atoms with Gasteiger partial charge in [0.15, 0.2) is 11.4 Å². The molecule has 4 aliphatic heterocycles. The predicted octanol–water partition coefficient (Wildman–Crippen LogP) is 5.98. The van der Waals surface area contributed by atoms with Crippen LogP contribution in [0.5, 0.6) is 17.2 Å². The van der Waals surface area contributed by atoms with Crippen molar-refractivity contribution in [3.8, 4) is 17.2 Å². The Morgan fingerprint density at radius 2 is 1.67 bits per heavy atom. The van der Waals surface area contributed by atoms with E-state index in [4.69, 9.17) is 46.2 Å². The summed E-state index contributed by atoms with van der Waals surface area (Å²) in [6.07, 6.45) is 8.46. The lowest BCUT2D eigenvalue weighted by Crippen LogP contribution is -2.46. The first kappa shape index (κ1) is 58.3. The topological polar surface area (TPSA) is 270 Å². The number of amides is 1. The highest BCUT2D eigenvalue weighted by Gasteiger charge is 2.50. The number of phenolic OH excluding ortho intramolecular Hbond substituents is 2. The van der Waals surface area contributed by atoms with Gasteiger partial charge in [-0.05, 0) is 63.2 Å². The van der Waals surface area contributed by atoms with E-state index >= 15 is 0 Å². The Morgan fingerprint density at radius 1 is 1.01 bits per heavy atom. The number of ketones is 1. The fraction of sp³-hybridized carbons (Fsp3) is 0.518. The number of fused-ring (bicyclic) bond motifs is 1. The number of benzene rings is 3. The summed E-state index contributed by atoms with van der Waals surface area (Å²) in [5, 5.41) is 40.3. The number of aliphatic hydroxyl groups is 1. The molecule has 18 nitrogen and oxygen atoms in total. The molecule has 3 unspecified atom stereocenters. The zero-order chi connectivity index (χ0) is 55.3. The van der Waals surface area contributed by atoms with Crippen LogP contribution < -0.4 is 38.1 Å². The Labute approximate surface area is 445 Å². The number of nitrogens with one attached hydrogen (secondary N) is 1. The number of rotatable bonds is 8. The van der Waals surface area contributed by atoms with E-state index in [1.165, 1.54) is 32.1 Å². The van der Waals surface area contributed by atoms with Crippen molar-refractivity contribution in [3.63, 3.8) is 0 Å². The van der Waals surface area contributed by atoms with Crippen molar-refractivity contribution in [3.05, 3.63) is 99.7 Å². The number of aliphatic hydroxyl groups excluding tert-OH is 1. The van der Waals surface area contributed by atoms with E-state index in [-0.39, 0.29) is 80.4 Å². The van der Waals surface area contributed by atoms with Crippen LogP contribution in [0.3, 0.4) is 0 Å². The first-order chi connectivity index (χ1) is 35.3. The van der Waals surface area contributed by atoms with Gasteiger partial charge in [-0.1, -0.05) is 77.5 Å². The summed E-state index contributed by atoms with van der Waals surface area (Å²) in [6.45, 7) is 20.5. The van der Waals surface area contributed by atoms with Crippen molar-refractivity contribution in [2.75, 3.05) is 45.2 Å². The molecule has 408 valence electrons. The number of thiol groups is 1. The van der Waals surface area contributed by atoms with Crippen LogP contribution in [0.25, 0.3) is 10.8 Å². The number of aromatic hydroxyl groups is 2. The number of aryl methyl sites for hydroxylation is 1. The van der Waals surface area contributed by atoms with Gasteiger partial charge in [-0.3, -0.25) is 24.4 Å². The molecular weight excluding hydrogens is 977 g/mol. The maximum Gasteiger partial charge on any atom is 0.327 e. The molecule has 19 heteroatoms. The number of carbonyl (C=O) groups excluding carboxylic acids is 3. The van der Waals surface area contributed by atoms with Gasteiger partial charge >= 0.3 is 11.8 Å². The minimum absolute atomic E-state index is 0.0289. The number of methoxy groups -OCH3 is 1. The molecule has 3 aromatic carbocycles. The van der Waals surface area contributed by atoms with Crippen LogP contribution in [0.4, 0.5) is 5.69 Å². The first-order valence-electron chi connectivity index (χ1n) is 25.7. The maximum atomic E-state index is 14.9. The third-order valence-corrected chi connectivity index (χ3v) is 14.8. The number of hydrogen-bond donors (Lipinski definition) is 8. The molecule has 7 rings (SSSR count). The summed E-state index contributed by atoms with van der Waals surface area (Å²) in [4.78, 5) is 56.0. The van der Waals surface area contributed by atoms with Gasteiger partial charge in [0, 0.05) is 98.2 Å². The van der Waals surface area contributed by atoms with Gasteiger partial charge < -0.3 is 61.0 Å². The molecule has 3 aromatic rings. The molecule has 4 heterocycles. The van der Waals surface area contributed by atoms with E-state index in [0.29, 0.717) is 43.8 Å². The van der Waals surface area contributed by atoms with Gasteiger partial charge in [0.2, 0.25) is 0 Å². The third kappa shape index (κ3) is 13.2. The van der Waals surface area contributed by atoms with Crippen molar-refractivity contribution in [2.24, 2.45) is 56.9 Å². The number of hydrogen-bond acceptors (Lipinski definition) is 18. The summed E-state index contributed by atoms with van der Waals surface area (Å²) in [7, 11) is 1.47. The molecule has 0 aromatic heterocycles. The largest absolute Gasteiger partial charge is 0.507 e. The first-order valence-corrected chi connectivity index (χ1v) is 26.1. The average Bonchev–Trinajstić information content (AvgIpc) is 3.86. The minimum atomic E-state index is -1.98. The number of nitrogens with zero attached hydrogens (tertiary/aromatic N) is 4. The van der Waals surface area contributed by atoms with Crippen molar-refractivity contribution in [2.45, 2.75) is 123 Å². The Hall–Kier alpha value is -5.96. The molecule has 10 N–H and O–H groups in total. The number of carbonyl (C=O) groups is 3. The number of likely N-dealkylation sites (tertiary alicyclic amines) is 1. The molecule has 1 saturated heterocycles. The van der Waals surface area contributed by atoms with E-state index < -0.39 is 65.0 Å². The number of hydrazine groups is 1. The fourth-order valence-electron chi connectivity index (χ4n) is 10.3. The van der Waals surface area contributed by atoms with Gasteiger partial charge in [-0.2, -0.15) is 0 Å². The molecule has 4 aliphatic rings. The van der Waals surface area contributed by atoms with Gasteiger partial charge in [0.25, 0.3) is 11.7 Å². The van der Waals surface area contributed by atoms with Crippen LogP contribution in [-0.4, -0.2) is 112 Å². The molecule has 1 amide bonds. The van der Waals surface area contributed by atoms with Crippen LogP contribution in [0, 0.1) is 43.4 Å². The smallest absolute Gasteiger partial charge is 0.327 e. The number of nitrogens with two attached hydrogens (primary N) is 3. The molecule has 4 bridgehead atoms. The number of allylic oxidation sites excluding steroid dienone is 3. The number of piperidine rings is 1. The van der Waals surface area contributed by atoms with Crippen molar-refractivity contribution < 1.29 is 48.7 Å². The fourth-order valence-corrected chi connectivity index (χ4v) is 10.4. The predicted molar refractivity (Wildman–Crippen MR) is 291 cm³/mol. The Bertz CT molecular complexity index is 2840. The quantitative estimate of drug-likeness (QED) is 0.0424. The van der Waals surface area contributed by atoms with Crippen molar-refractivity contribution in [1.82, 2.24) is 9.91 Å². The molecule has 0 aliphatic carbocycles. The zero-order valence-electron chi connectivity index (χ0n) is 45.2. The second-order valence-electron chi connectivity index (χ2n) is 21.2. The van der Waals surface area contributed by atoms with Crippen LogP contribution in [0.15, 0.2) is 87.2 Å². The molecule has 1 fully saturated rings. The summed E-state index contributed by atoms with van der Waals surface area (Å²) in [5.41, 5.74) is 12.5. The van der Waals surface area contributed by atoms with E-state index in [2.05, 4.69) is 43.6 Å². The van der Waals surface area contributed by atoms with Gasteiger partial charge in [0.05, 0.1) is 34.8 Å². The normalized spacial score (nSPS) is 27.7. The van der Waals surface area contributed by atoms with E-state index in [9.17, 15) is 29.7 Å². The molecule has 0 radical (unpaired) electrons. The summed E-state index contributed by atoms with van der Waals surface area (Å²) >= 11 is 4.13. The molecule has 1 spiro atoms. The number of esters is 1. The third-order valence-electron chi connectivity index (χ3n) is 14.5. The lowest BCUT2D eigenvalue weighted by Gasteiger charge is -2.37. The highest BCUT2D eigenvalue weighted by molar-refractivity contribution is 7.80. The Morgan fingerprint density at radius 3 is 2.28 bits per heavy atom. The highest BCUT2D eigenvalue weighted by Crippen LogP contribution is 2.50. The monoisotopic (exact) mass is 1050 g/mol. The molecule has 75 heavy (non-hydrogen) atoms. The van der Waals surface area contributed by atoms with Crippen LogP contribution in [-0.2, 0) is 23.8 Å². The lowest BCUT2D eigenvalue weighted by molar-refractivity contribution is -0.162. The van der Waals surface area contributed by atoms with Crippen molar-refractivity contribution >= 4 is 46.7 Å². The summed E-state index contributed by atoms with van der Waals surface area (Å²) < 4.78 is 24.5. The summed E-state index contributed by atoms with van der Waals surface area (Å²) in [6, 6.07) is 8.06. The number of ether oxygens (including phenoxy) is 4. The Kier molecular flexibility index (Phi) is 18.9. The molecule has 8 atom stereocenters. The molecular formula is C56H78N8O10S. The van der Waals surface area contributed by atoms with E-state index in [1.807, 2.05) is 44.2 Å². The SMILES string of the molecule is CO[C@H]1/C=C/OC2(C)Oc3c(C)c(O)c4c(O)c(c5c(c4c3C2=O)=NC2(CCN(CC(C)C)CC2)N=5)NC(=O)/C(C)=C\C=C\C(C)C[C@@H](C)[C@@H](O)[C@@H](C)C(OC(=O)CN(N)/C=C(\N)CN)[C@@H]1C.Cc1ccc(S)cc1. The summed E-state index contributed by atoms with van der Waals surface area (Å²) in [5.74, 6) is 0.286. The second-order valence-corrected chi connectivity index (χ2v) is 21.7. The standard InChI is InChI=1S/C49H70N8O10.C7H8S/c1-25(2)22-56-17-15-49(16-18-56)54-38-35-36-42(60)31(8)45-37(35)46(62)48(9,67-45)65-19-14-33(64-10)29(6)44(66-34(58)24-57(52)23-32(51)21-50)30(7)41(59)28(5)20-26(3)12-11-13-27(4)47(63)53-40(43(36)61)39(38)55-49;1-6-2-4-7(8)5-3-6/h11-14,19,23,25-26,28-30,33,41,44,59-61H,15-18,20-22,24,50-52H2,1-10H3,(H,53,63);2-5,8H,1H3/b12-11+,19-14+,27-13-,32-23-;/t26?,28-,29-,30-,33+,41-,44?,48?;/m1./s1. The van der Waals surface area contributed by atoms with Crippen LogP contribution in [0.2, 0.25) is 0 Å². The van der Waals surface area contributed by atoms with Crippen molar-refractivity contribution in [1.29, 1.82) is 0 Å². The molecule has 0 saturated carbocycles. The minimum Gasteiger partial charge on any atom is -0.507 e. The van der Waals surface area contributed by atoms with Crippen LogP contribution in [0.1, 0.15) is 96.1 Å². The number of phenols is 2. The number of Topliss-reactive ketones (excluding diaryl/α,β-unsaturated/α-hetero) is 1.